The number of carboxylic acids is 1. The number of unbranched alkanes of at least 4 members (excludes halogenated alkanes) is 13. The summed E-state index contributed by atoms with van der Waals surface area (Å²) in [7, 11) is 1.55. The third-order valence-corrected chi connectivity index (χ3v) is 5.79. The number of carboxylic acid groups (broad SMARTS) is 1. The molecule has 0 aromatic rings. The largest absolute Gasteiger partial charge is 0.481 e. The zero-order chi connectivity index (χ0) is 27.2. The Balaban J connectivity index is 3.22. The molecule has 0 aliphatic heterocycles. The van der Waals surface area contributed by atoms with Gasteiger partial charge in [0, 0.05) is 26.5 Å². The zero-order valence-electron chi connectivity index (χ0n) is 23.1. The van der Waals surface area contributed by atoms with Crippen LogP contribution >= 0.6 is 0 Å². The van der Waals surface area contributed by atoms with Crippen LogP contribution in [0.2, 0.25) is 0 Å². The molecular formula is C27H52N2O8. The Morgan fingerprint density at radius 1 is 0.595 bits per heavy atom. The molecule has 0 aliphatic carbocycles. The molecule has 0 aromatic carbocycles. The van der Waals surface area contributed by atoms with Crippen molar-refractivity contribution < 1.29 is 38.5 Å². The monoisotopic (exact) mass is 532 g/mol. The van der Waals surface area contributed by atoms with Crippen LogP contribution in [0.4, 0.5) is 0 Å². The first kappa shape index (κ1) is 35.2. The van der Waals surface area contributed by atoms with Gasteiger partial charge in [0.1, 0.15) is 6.61 Å². The average Bonchev–Trinajstić information content (AvgIpc) is 2.87. The van der Waals surface area contributed by atoms with Crippen LogP contribution in [0, 0.1) is 0 Å². The maximum absolute atomic E-state index is 11.9. The first-order valence-corrected chi connectivity index (χ1v) is 14.1. The molecule has 37 heavy (non-hydrogen) atoms. The number of aliphatic carboxylic acids is 1. The van der Waals surface area contributed by atoms with Crippen molar-refractivity contribution in [3.63, 3.8) is 0 Å². The van der Waals surface area contributed by atoms with Gasteiger partial charge < -0.3 is 24.6 Å². The van der Waals surface area contributed by atoms with E-state index in [-0.39, 0.29) is 31.6 Å². The zero-order valence-corrected chi connectivity index (χ0v) is 23.1. The van der Waals surface area contributed by atoms with Gasteiger partial charge in [0.25, 0.3) is 5.91 Å². The SMILES string of the molecule is COCCONC(=O)COCCOCCNC(=O)CCCCCCCCCCCCCCCCC(=O)O. The number of nitrogens with one attached hydrogen (secondary N) is 2. The van der Waals surface area contributed by atoms with Crippen molar-refractivity contribution in [1.82, 2.24) is 10.8 Å². The summed E-state index contributed by atoms with van der Waals surface area (Å²) in [6, 6.07) is 0. The third kappa shape index (κ3) is 30.4. The number of carbonyl (C=O) groups is 3. The van der Waals surface area contributed by atoms with Gasteiger partial charge in [-0.3, -0.25) is 19.2 Å². The topological polar surface area (TPSA) is 132 Å². The van der Waals surface area contributed by atoms with Crippen LogP contribution in [0.25, 0.3) is 0 Å². The van der Waals surface area contributed by atoms with Crippen molar-refractivity contribution in [2.45, 2.75) is 103 Å². The van der Waals surface area contributed by atoms with E-state index in [0.29, 0.717) is 39.2 Å². The summed E-state index contributed by atoms with van der Waals surface area (Å²) in [5.74, 6) is -0.990. The highest BCUT2D eigenvalue weighted by Gasteiger charge is 2.03. The summed E-state index contributed by atoms with van der Waals surface area (Å²) >= 11 is 0. The number of hydrogen-bond acceptors (Lipinski definition) is 7. The van der Waals surface area contributed by atoms with Gasteiger partial charge in [-0.05, 0) is 12.8 Å². The number of amides is 2. The summed E-state index contributed by atoms with van der Waals surface area (Å²) in [5, 5.41) is 11.5. The van der Waals surface area contributed by atoms with E-state index in [9.17, 15) is 14.4 Å². The van der Waals surface area contributed by atoms with Crippen LogP contribution in [-0.2, 0) is 33.4 Å². The molecule has 0 unspecified atom stereocenters. The van der Waals surface area contributed by atoms with Gasteiger partial charge in [0.15, 0.2) is 0 Å². The molecule has 0 spiro atoms. The predicted octanol–water partition coefficient (Wildman–Crippen LogP) is 4.16. The highest BCUT2D eigenvalue weighted by Crippen LogP contribution is 2.13. The maximum Gasteiger partial charge on any atom is 0.303 e. The van der Waals surface area contributed by atoms with E-state index >= 15 is 0 Å². The fourth-order valence-electron chi connectivity index (χ4n) is 3.70. The minimum absolute atomic E-state index is 0.0619. The molecular weight excluding hydrogens is 480 g/mol. The summed E-state index contributed by atoms with van der Waals surface area (Å²) in [6.45, 7) is 2.09. The fourth-order valence-corrected chi connectivity index (χ4v) is 3.70. The second kappa shape index (κ2) is 28.8. The minimum Gasteiger partial charge on any atom is -0.481 e. The molecule has 0 rings (SSSR count). The van der Waals surface area contributed by atoms with Crippen molar-refractivity contribution in [3.05, 3.63) is 0 Å². The molecule has 0 heterocycles. The average molecular weight is 533 g/mol. The molecule has 2 amide bonds. The Morgan fingerprint density at radius 3 is 1.65 bits per heavy atom. The Hall–Kier alpha value is -1.75. The number of hydrogen-bond donors (Lipinski definition) is 3. The number of rotatable bonds is 29. The molecule has 0 saturated heterocycles. The lowest BCUT2D eigenvalue weighted by Crippen LogP contribution is -2.30. The summed E-state index contributed by atoms with van der Waals surface area (Å²) < 4.78 is 15.3. The standard InChI is InChI=1S/C27H52N2O8/c1-34-20-23-37-29-26(31)24-36-22-21-35-19-18-28-25(30)16-14-12-10-8-6-4-2-3-5-7-9-11-13-15-17-27(32)33/h2-24H2,1H3,(H,28,30)(H,29,31)(H,32,33). The lowest BCUT2D eigenvalue weighted by atomic mass is 10.0. The number of carbonyl (C=O) groups excluding carboxylic acids is 2. The molecule has 0 radical (unpaired) electrons. The number of methoxy groups -OCH3 is 1. The molecule has 0 aromatic heterocycles. The second-order valence-corrected chi connectivity index (χ2v) is 9.22. The van der Waals surface area contributed by atoms with E-state index in [1.807, 2.05) is 0 Å². The molecule has 0 aliphatic rings. The van der Waals surface area contributed by atoms with Crippen LogP contribution in [0.3, 0.4) is 0 Å². The van der Waals surface area contributed by atoms with Gasteiger partial charge in [-0.1, -0.05) is 77.0 Å². The molecule has 0 atom stereocenters. The van der Waals surface area contributed by atoms with Crippen LogP contribution < -0.4 is 10.8 Å². The van der Waals surface area contributed by atoms with Crippen molar-refractivity contribution >= 4 is 17.8 Å². The van der Waals surface area contributed by atoms with E-state index < -0.39 is 5.97 Å². The third-order valence-electron chi connectivity index (χ3n) is 5.79. The minimum atomic E-state index is -0.686. The van der Waals surface area contributed by atoms with Crippen molar-refractivity contribution in [2.24, 2.45) is 0 Å². The quantitative estimate of drug-likeness (QED) is 0.0966. The van der Waals surface area contributed by atoms with Crippen LogP contribution in [0.1, 0.15) is 103 Å². The van der Waals surface area contributed by atoms with E-state index in [1.165, 1.54) is 57.8 Å². The molecule has 0 fully saturated rings. The van der Waals surface area contributed by atoms with Crippen molar-refractivity contribution in [3.8, 4) is 0 Å². The molecule has 3 N–H and O–H groups in total. The van der Waals surface area contributed by atoms with Crippen LogP contribution in [0.15, 0.2) is 0 Å². The van der Waals surface area contributed by atoms with Crippen molar-refractivity contribution in [1.29, 1.82) is 0 Å². The number of ether oxygens (including phenoxy) is 3. The van der Waals surface area contributed by atoms with Gasteiger partial charge >= 0.3 is 5.97 Å². The van der Waals surface area contributed by atoms with Gasteiger partial charge in [0.05, 0.1) is 33.0 Å². The first-order chi connectivity index (χ1) is 18.1. The highest BCUT2D eigenvalue weighted by atomic mass is 16.7. The van der Waals surface area contributed by atoms with Crippen molar-refractivity contribution in [2.75, 3.05) is 53.3 Å². The lowest BCUT2D eigenvalue weighted by molar-refractivity contribution is -0.140. The maximum atomic E-state index is 11.9. The molecule has 0 bridgehead atoms. The van der Waals surface area contributed by atoms with Gasteiger partial charge in [0.2, 0.25) is 5.91 Å². The smallest absolute Gasteiger partial charge is 0.303 e. The normalized spacial score (nSPS) is 10.9. The predicted molar refractivity (Wildman–Crippen MR) is 142 cm³/mol. The molecule has 10 heteroatoms. The van der Waals surface area contributed by atoms with Gasteiger partial charge in [-0.2, -0.15) is 0 Å². The summed E-state index contributed by atoms with van der Waals surface area (Å²) in [5.41, 5.74) is 2.25. The second-order valence-electron chi connectivity index (χ2n) is 9.22. The molecule has 218 valence electrons. The fraction of sp³-hybridized carbons (Fsp3) is 0.889. The van der Waals surface area contributed by atoms with Gasteiger partial charge in [-0.25, -0.2) is 5.48 Å². The van der Waals surface area contributed by atoms with E-state index in [4.69, 9.17) is 24.2 Å². The molecule has 10 nitrogen and oxygen atoms in total. The Labute approximate surface area is 223 Å². The Bertz CT molecular complexity index is 548. The van der Waals surface area contributed by atoms with E-state index in [2.05, 4.69) is 10.8 Å². The van der Waals surface area contributed by atoms with E-state index in [1.54, 1.807) is 7.11 Å². The Morgan fingerprint density at radius 2 is 1.11 bits per heavy atom. The van der Waals surface area contributed by atoms with Crippen LogP contribution in [-0.4, -0.2) is 76.2 Å². The first-order valence-electron chi connectivity index (χ1n) is 14.1. The molecule has 0 saturated carbocycles. The van der Waals surface area contributed by atoms with E-state index in [0.717, 1.165) is 32.1 Å². The summed E-state index contributed by atoms with van der Waals surface area (Å²) in [6.07, 6.45) is 17.2. The number of hydroxylamine groups is 1. The Kier molecular flexibility index (Phi) is 27.5. The van der Waals surface area contributed by atoms with Gasteiger partial charge in [-0.15, -0.1) is 0 Å². The van der Waals surface area contributed by atoms with Crippen LogP contribution in [0.5, 0.6) is 0 Å². The lowest BCUT2D eigenvalue weighted by Gasteiger charge is -2.08. The summed E-state index contributed by atoms with van der Waals surface area (Å²) in [4.78, 5) is 38.6. The highest BCUT2D eigenvalue weighted by molar-refractivity contribution is 5.76.